The molecule has 0 fully saturated rings. The van der Waals surface area contributed by atoms with Crippen LogP contribution >= 0.6 is 0 Å². The highest BCUT2D eigenvalue weighted by Crippen LogP contribution is 2.35. The third-order valence-corrected chi connectivity index (χ3v) is 3.15. The van der Waals surface area contributed by atoms with Crippen molar-refractivity contribution < 1.29 is 22.9 Å². The highest BCUT2D eigenvalue weighted by molar-refractivity contribution is 6.06. The van der Waals surface area contributed by atoms with Crippen LogP contribution in [0.25, 0.3) is 0 Å². The summed E-state index contributed by atoms with van der Waals surface area (Å²) in [5, 5.41) is 21.9. The Bertz CT molecular complexity index is 792. The number of amides is 1. The lowest BCUT2D eigenvalue weighted by atomic mass is 10.2. The third kappa shape index (κ3) is 2.86. The first-order chi connectivity index (χ1) is 10.5. The topological polar surface area (TPSA) is 119 Å². The van der Waals surface area contributed by atoms with E-state index in [-0.39, 0.29) is 11.4 Å². The number of aromatic amines is 1. The number of halogens is 3. The van der Waals surface area contributed by atoms with E-state index in [9.17, 15) is 28.1 Å². The Kier molecular flexibility index (Phi) is 3.84. The van der Waals surface area contributed by atoms with Crippen molar-refractivity contribution >= 4 is 17.3 Å². The van der Waals surface area contributed by atoms with E-state index in [4.69, 9.17) is 0 Å². The van der Waals surface area contributed by atoms with Crippen molar-refractivity contribution in [1.29, 1.82) is 0 Å². The van der Waals surface area contributed by atoms with E-state index in [0.29, 0.717) is 0 Å². The van der Waals surface area contributed by atoms with Crippen molar-refractivity contribution in [3.8, 4) is 0 Å². The molecule has 124 valence electrons. The predicted molar refractivity (Wildman–Crippen MR) is 70.9 cm³/mol. The molecule has 0 radical (unpaired) electrons. The SMILES string of the molecule is Cc1[nH]nc(C(F)(F)F)c1NC(=O)c1nn(C)c(C)c1[N+](=O)[O-]. The summed E-state index contributed by atoms with van der Waals surface area (Å²) in [5.41, 5.74) is -3.01. The molecule has 2 N–H and O–H groups in total. The molecule has 0 bridgehead atoms. The monoisotopic (exact) mass is 332 g/mol. The van der Waals surface area contributed by atoms with Gasteiger partial charge in [-0.15, -0.1) is 0 Å². The van der Waals surface area contributed by atoms with E-state index in [1.165, 1.54) is 20.9 Å². The summed E-state index contributed by atoms with van der Waals surface area (Å²) < 4.78 is 39.6. The number of nitrogens with zero attached hydrogens (tertiary/aromatic N) is 4. The van der Waals surface area contributed by atoms with Crippen LogP contribution in [0.5, 0.6) is 0 Å². The Morgan fingerprint density at radius 1 is 1.39 bits per heavy atom. The fourth-order valence-corrected chi connectivity index (χ4v) is 1.93. The lowest BCUT2D eigenvalue weighted by molar-refractivity contribution is -0.385. The van der Waals surface area contributed by atoms with E-state index in [2.05, 4.69) is 15.3 Å². The van der Waals surface area contributed by atoms with Crippen LogP contribution in [0.4, 0.5) is 24.5 Å². The number of aryl methyl sites for hydroxylation is 2. The van der Waals surface area contributed by atoms with Crippen LogP contribution in [-0.4, -0.2) is 30.8 Å². The van der Waals surface area contributed by atoms with E-state index >= 15 is 0 Å². The van der Waals surface area contributed by atoms with E-state index in [1.807, 2.05) is 5.32 Å². The maximum Gasteiger partial charge on any atom is 0.437 e. The molecule has 0 aliphatic carbocycles. The van der Waals surface area contributed by atoms with Gasteiger partial charge in [-0.25, -0.2) is 0 Å². The highest BCUT2D eigenvalue weighted by Gasteiger charge is 2.39. The van der Waals surface area contributed by atoms with E-state index in [0.717, 1.165) is 4.68 Å². The molecule has 0 aliphatic rings. The molecule has 12 heteroatoms. The number of aromatic nitrogens is 4. The van der Waals surface area contributed by atoms with Crippen LogP contribution in [0.15, 0.2) is 0 Å². The number of nitro groups is 1. The number of carbonyl (C=O) groups is 1. The average Bonchev–Trinajstić information content (AvgIpc) is 2.91. The summed E-state index contributed by atoms with van der Waals surface area (Å²) in [6.07, 6.45) is -4.79. The number of hydrogen-bond donors (Lipinski definition) is 2. The largest absolute Gasteiger partial charge is 0.437 e. The molecule has 0 saturated carbocycles. The second kappa shape index (κ2) is 5.37. The van der Waals surface area contributed by atoms with Crippen molar-refractivity contribution in [3.63, 3.8) is 0 Å². The molecule has 2 aromatic rings. The van der Waals surface area contributed by atoms with Crippen LogP contribution < -0.4 is 5.32 Å². The molecule has 2 aromatic heterocycles. The summed E-state index contributed by atoms with van der Waals surface area (Å²) >= 11 is 0. The number of carbonyl (C=O) groups excluding carboxylic acids is 1. The van der Waals surface area contributed by atoms with E-state index < -0.39 is 39.8 Å². The lowest BCUT2D eigenvalue weighted by Crippen LogP contribution is -2.18. The van der Waals surface area contributed by atoms with Crippen LogP contribution in [-0.2, 0) is 13.2 Å². The molecule has 0 atom stereocenters. The number of nitrogens with one attached hydrogen (secondary N) is 2. The van der Waals surface area contributed by atoms with Crippen molar-refractivity contribution in [3.05, 3.63) is 32.9 Å². The number of alkyl halides is 3. The third-order valence-electron chi connectivity index (χ3n) is 3.15. The van der Waals surface area contributed by atoms with Gasteiger partial charge in [0.15, 0.2) is 5.69 Å². The molecule has 0 saturated heterocycles. The minimum Gasteiger partial charge on any atom is -0.317 e. The van der Waals surface area contributed by atoms with Gasteiger partial charge < -0.3 is 5.32 Å². The van der Waals surface area contributed by atoms with Gasteiger partial charge in [-0.2, -0.15) is 23.4 Å². The van der Waals surface area contributed by atoms with E-state index in [1.54, 1.807) is 0 Å². The standard InChI is InChI=1S/C11H11F3N6O3/c1-4-6(9(17-16-4)11(12,13)14)15-10(21)7-8(20(22)23)5(2)19(3)18-7/h1-3H3,(H,15,21)(H,16,17). The zero-order valence-corrected chi connectivity index (χ0v) is 12.1. The van der Waals surface area contributed by atoms with Crippen LogP contribution in [0.2, 0.25) is 0 Å². The summed E-state index contributed by atoms with van der Waals surface area (Å²) in [5.74, 6) is -1.13. The van der Waals surface area contributed by atoms with Gasteiger partial charge in [0.2, 0.25) is 5.69 Å². The maximum atomic E-state index is 12.8. The summed E-state index contributed by atoms with van der Waals surface area (Å²) in [7, 11) is 1.38. The van der Waals surface area contributed by atoms with Crippen LogP contribution in [0.1, 0.15) is 27.6 Å². The fraction of sp³-hybridized carbons (Fsp3) is 0.364. The van der Waals surface area contributed by atoms with Gasteiger partial charge in [0, 0.05) is 7.05 Å². The summed E-state index contributed by atoms with van der Waals surface area (Å²) in [4.78, 5) is 22.3. The second-order valence-electron chi connectivity index (χ2n) is 4.69. The first-order valence-electron chi connectivity index (χ1n) is 6.15. The molecule has 0 spiro atoms. The lowest BCUT2D eigenvalue weighted by Gasteiger charge is -2.07. The number of rotatable bonds is 3. The molecular formula is C11H11F3N6O3. The number of hydrogen-bond acceptors (Lipinski definition) is 5. The Balaban J connectivity index is 2.44. The quantitative estimate of drug-likeness (QED) is 0.657. The smallest absolute Gasteiger partial charge is 0.317 e. The van der Waals surface area contributed by atoms with Crippen molar-refractivity contribution in [2.75, 3.05) is 5.32 Å². The molecule has 23 heavy (non-hydrogen) atoms. The molecule has 0 aromatic carbocycles. The first kappa shape index (κ1) is 16.5. The normalized spacial score (nSPS) is 11.6. The predicted octanol–water partition coefficient (Wildman–Crippen LogP) is 1.94. The average molecular weight is 332 g/mol. The Morgan fingerprint density at radius 3 is 2.52 bits per heavy atom. The van der Waals surface area contributed by atoms with Gasteiger partial charge in [0.25, 0.3) is 5.91 Å². The summed E-state index contributed by atoms with van der Waals surface area (Å²) in [6.45, 7) is 2.64. The van der Waals surface area contributed by atoms with Gasteiger partial charge in [-0.1, -0.05) is 0 Å². The van der Waals surface area contributed by atoms with Gasteiger partial charge in [-0.3, -0.25) is 24.7 Å². The van der Waals surface area contributed by atoms with Crippen molar-refractivity contribution in [2.24, 2.45) is 7.05 Å². The maximum absolute atomic E-state index is 12.8. The van der Waals surface area contributed by atoms with Gasteiger partial charge in [-0.05, 0) is 13.8 Å². The minimum absolute atomic E-state index is 0.0408. The molecular weight excluding hydrogens is 321 g/mol. The minimum atomic E-state index is -4.79. The fourth-order valence-electron chi connectivity index (χ4n) is 1.93. The summed E-state index contributed by atoms with van der Waals surface area (Å²) in [6, 6.07) is 0. The second-order valence-corrected chi connectivity index (χ2v) is 4.69. The number of H-pyrrole nitrogens is 1. The van der Waals surface area contributed by atoms with Gasteiger partial charge >= 0.3 is 11.9 Å². The molecule has 2 heterocycles. The van der Waals surface area contributed by atoms with Crippen LogP contribution in [0, 0.1) is 24.0 Å². The van der Waals surface area contributed by atoms with Gasteiger partial charge in [0.1, 0.15) is 5.69 Å². The first-order valence-corrected chi connectivity index (χ1v) is 6.15. The molecule has 0 unspecified atom stereocenters. The number of anilines is 1. The molecule has 2 rings (SSSR count). The highest BCUT2D eigenvalue weighted by atomic mass is 19.4. The van der Waals surface area contributed by atoms with Crippen molar-refractivity contribution in [1.82, 2.24) is 20.0 Å². The zero-order chi connectivity index (χ0) is 17.5. The van der Waals surface area contributed by atoms with Gasteiger partial charge in [0.05, 0.1) is 16.3 Å². The molecule has 1 amide bonds. The Hall–Kier alpha value is -2.92. The molecule has 0 aliphatic heterocycles. The Morgan fingerprint density at radius 2 is 2.00 bits per heavy atom. The Labute approximate surface area is 126 Å². The van der Waals surface area contributed by atoms with Crippen molar-refractivity contribution in [2.45, 2.75) is 20.0 Å². The zero-order valence-electron chi connectivity index (χ0n) is 12.1. The van der Waals surface area contributed by atoms with Crippen LogP contribution in [0.3, 0.4) is 0 Å². The molecule has 9 nitrogen and oxygen atoms in total.